The first kappa shape index (κ1) is 13.4. The van der Waals surface area contributed by atoms with Crippen molar-refractivity contribution in [1.29, 1.82) is 5.26 Å². The number of halogens is 1. The minimum atomic E-state index is -3.64. The van der Waals surface area contributed by atoms with Crippen LogP contribution in [-0.4, -0.2) is 27.9 Å². The van der Waals surface area contributed by atoms with Gasteiger partial charge in [0.25, 0.3) is 0 Å². The van der Waals surface area contributed by atoms with Crippen molar-refractivity contribution in [2.24, 2.45) is 0 Å². The molecule has 0 fully saturated rings. The van der Waals surface area contributed by atoms with E-state index < -0.39 is 15.8 Å². The van der Waals surface area contributed by atoms with Crippen LogP contribution in [0.1, 0.15) is 5.56 Å². The van der Waals surface area contributed by atoms with E-state index in [1.54, 1.807) is 6.07 Å². The van der Waals surface area contributed by atoms with E-state index in [-0.39, 0.29) is 23.6 Å². The van der Waals surface area contributed by atoms with Crippen molar-refractivity contribution in [1.82, 2.24) is 0 Å². The summed E-state index contributed by atoms with van der Waals surface area (Å²) in [6.07, 6.45) is 0. The fourth-order valence-corrected chi connectivity index (χ4v) is 2.07. The van der Waals surface area contributed by atoms with E-state index in [9.17, 15) is 12.8 Å². The van der Waals surface area contributed by atoms with Crippen LogP contribution in [0, 0.1) is 17.1 Å². The number of hydrogen-bond acceptors (Lipinski definition) is 4. The highest BCUT2D eigenvalue weighted by Crippen LogP contribution is 2.16. The molecule has 0 saturated carbocycles. The third-order valence-electron chi connectivity index (χ3n) is 1.92. The zero-order chi connectivity index (χ0) is 12.9. The highest BCUT2D eigenvalue weighted by Gasteiger charge is 2.13. The summed E-state index contributed by atoms with van der Waals surface area (Å²) in [6.45, 7) is 0.0211. The Morgan fingerprint density at radius 3 is 2.76 bits per heavy atom. The van der Waals surface area contributed by atoms with Gasteiger partial charge in [-0.05, 0) is 18.2 Å². The minimum Gasteiger partial charge on any atom is -0.384 e. The predicted octanol–water partition coefficient (Wildman–Crippen LogP) is 1.09. The molecular weight excluding hydrogens is 247 g/mol. The third-order valence-corrected chi connectivity index (χ3v) is 3.15. The first-order valence-corrected chi connectivity index (χ1v) is 6.33. The van der Waals surface area contributed by atoms with Crippen LogP contribution in [0.25, 0.3) is 0 Å². The Balaban J connectivity index is 2.86. The van der Waals surface area contributed by atoms with E-state index in [4.69, 9.17) is 5.26 Å². The molecule has 0 aliphatic carbocycles. The predicted molar refractivity (Wildman–Crippen MR) is 60.4 cm³/mol. The Labute approximate surface area is 98.9 Å². The molecule has 0 bridgehead atoms. The molecule has 0 unspecified atom stereocenters. The molecule has 0 spiro atoms. The van der Waals surface area contributed by atoms with E-state index in [0.29, 0.717) is 0 Å². The molecule has 17 heavy (non-hydrogen) atoms. The lowest BCUT2D eigenvalue weighted by atomic mass is 10.2. The van der Waals surface area contributed by atoms with Gasteiger partial charge < -0.3 is 4.74 Å². The number of rotatable bonds is 5. The molecule has 0 amide bonds. The van der Waals surface area contributed by atoms with Gasteiger partial charge in [-0.15, -0.1) is 0 Å². The molecule has 0 aromatic heterocycles. The van der Waals surface area contributed by atoms with Crippen LogP contribution in [0.3, 0.4) is 0 Å². The van der Waals surface area contributed by atoms with Crippen LogP contribution in [0.5, 0.6) is 0 Å². The van der Waals surface area contributed by atoms with Crippen LogP contribution in [-0.2, 0) is 14.8 Å². The molecule has 0 radical (unpaired) electrons. The lowest BCUT2D eigenvalue weighted by molar-refractivity contribution is 0.217. The van der Waals surface area contributed by atoms with Gasteiger partial charge >= 0.3 is 0 Å². The normalized spacial score (nSPS) is 10.9. The zero-order valence-corrected chi connectivity index (χ0v) is 9.92. The molecule has 5 nitrogen and oxygen atoms in total. The van der Waals surface area contributed by atoms with Crippen molar-refractivity contribution in [3.63, 3.8) is 0 Å². The molecule has 92 valence electrons. The molecule has 0 saturated heterocycles. The van der Waals surface area contributed by atoms with Gasteiger partial charge in [0.1, 0.15) is 5.82 Å². The molecule has 1 rings (SSSR count). The van der Waals surface area contributed by atoms with Gasteiger partial charge in [-0.2, -0.15) is 5.26 Å². The molecule has 0 atom stereocenters. The highest BCUT2D eigenvalue weighted by atomic mass is 32.2. The molecule has 1 aromatic rings. The van der Waals surface area contributed by atoms with Crippen molar-refractivity contribution < 1.29 is 17.5 Å². The smallest absolute Gasteiger partial charge is 0.235 e. The van der Waals surface area contributed by atoms with Crippen LogP contribution in [0.15, 0.2) is 18.2 Å². The van der Waals surface area contributed by atoms with Gasteiger partial charge in [-0.1, -0.05) is 0 Å². The Hall–Kier alpha value is -1.65. The fourth-order valence-electron chi connectivity index (χ4n) is 1.08. The fraction of sp³-hybridized carbons (Fsp3) is 0.300. The number of methoxy groups -OCH3 is 1. The van der Waals surface area contributed by atoms with Crippen molar-refractivity contribution in [2.75, 3.05) is 24.2 Å². The maximum absolute atomic E-state index is 13.4. The maximum atomic E-state index is 13.4. The second-order valence-corrected chi connectivity index (χ2v) is 5.06. The number of nitrogens with one attached hydrogen (secondary N) is 1. The first-order chi connectivity index (χ1) is 7.98. The third kappa shape index (κ3) is 4.01. The highest BCUT2D eigenvalue weighted by molar-refractivity contribution is 7.92. The molecule has 1 aromatic carbocycles. The summed E-state index contributed by atoms with van der Waals surface area (Å²) < 4.78 is 43.0. The number of anilines is 1. The summed E-state index contributed by atoms with van der Waals surface area (Å²) in [6, 6.07) is 5.26. The van der Waals surface area contributed by atoms with Crippen molar-refractivity contribution >= 4 is 15.7 Å². The van der Waals surface area contributed by atoms with Gasteiger partial charge in [0.15, 0.2) is 0 Å². The number of ether oxygens (including phenoxy) is 1. The number of benzene rings is 1. The Bertz CT molecular complexity index is 537. The van der Waals surface area contributed by atoms with Crippen molar-refractivity contribution in [3.05, 3.63) is 29.6 Å². The van der Waals surface area contributed by atoms with E-state index >= 15 is 0 Å². The number of nitriles is 1. The van der Waals surface area contributed by atoms with E-state index in [1.165, 1.54) is 19.2 Å². The molecule has 1 N–H and O–H groups in total. The molecule has 0 aliphatic heterocycles. The van der Waals surface area contributed by atoms with Crippen LogP contribution in [0.4, 0.5) is 10.1 Å². The van der Waals surface area contributed by atoms with E-state index in [1.807, 2.05) is 0 Å². The van der Waals surface area contributed by atoms with E-state index in [0.717, 1.165) is 6.07 Å². The Kier molecular flexibility index (Phi) is 4.43. The van der Waals surface area contributed by atoms with Crippen LogP contribution < -0.4 is 4.72 Å². The summed E-state index contributed by atoms with van der Waals surface area (Å²) in [4.78, 5) is 0. The Morgan fingerprint density at radius 1 is 1.53 bits per heavy atom. The Morgan fingerprint density at radius 2 is 2.24 bits per heavy atom. The summed E-state index contributed by atoms with van der Waals surface area (Å²) >= 11 is 0. The number of sulfonamides is 1. The second-order valence-electron chi connectivity index (χ2n) is 3.22. The lowest BCUT2D eigenvalue weighted by Crippen LogP contribution is -2.20. The summed E-state index contributed by atoms with van der Waals surface area (Å²) in [5.74, 6) is -1.05. The first-order valence-electron chi connectivity index (χ1n) is 4.67. The summed E-state index contributed by atoms with van der Waals surface area (Å²) in [7, 11) is -2.26. The minimum absolute atomic E-state index is 0.0211. The molecular formula is C10H11FN2O3S. The monoisotopic (exact) mass is 258 g/mol. The van der Waals surface area contributed by atoms with E-state index in [2.05, 4.69) is 9.46 Å². The topological polar surface area (TPSA) is 79.2 Å². The quantitative estimate of drug-likeness (QED) is 0.857. The van der Waals surface area contributed by atoms with Crippen molar-refractivity contribution in [2.45, 2.75) is 0 Å². The summed E-state index contributed by atoms with van der Waals surface area (Å²) in [5, 5.41) is 8.53. The number of hydrogen-bond donors (Lipinski definition) is 1. The van der Waals surface area contributed by atoms with Gasteiger partial charge in [0.2, 0.25) is 10.0 Å². The lowest BCUT2D eigenvalue weighted by Gasteiger charge is -2.08. The SMILES string of the molecule is COCCS(=O)(=O)Nc1ccc(C#N)cc1F. The average molecular weight is 258 g/mol. The van der Waals surface area contributed by atoms with Gasteiger partial charge in [-0.25, -0.2) is 12.8 Å². The van der Waals surface area contributed by atoms with Crippen molar-refractivity contribution in [3.8, 4) is 6.07 Å². The largest absolute Gasteiger partial charge is 0.384 e. The molecule has 7 heteroatoms. The molecule has 0 aliphatic rings. The standard InChI is InChI=1S/C10H11FN2O3S/c1-16-4-5-17(14,15)13-10-3-2-8(7-12)6-9(10)11/h2-3,6,13H,4-5H2,1H3. The average Bonchev–Trinajstić information content (AvgIpc) is 2.29. The van der Waals surface area contributed by atoms with Gasteiger partial charge in [-0.3, -0.25) is 4.72 Å². The van der Waals surface area contributed by atoms with Crippen LogP contribution in [0.2, 0.25) is 0 Å². The van der Waals surface area contributed by atoms with Gasteiger partial charge in [0, 0.05) is 7.11 Å². The number of nitrogens with zero attached hydrogens (tertiary/aromatic N) is 1. The summed E-state index contributed by atoms with van der Waals surface area (Å²) in [5.41, 5.74) is -0.0533. The maximum Gasteiger partial charge on any atom is 0.235 e. The van der Waals surface area contributed by atoms with Crippen LogP contribution >= 0.6 is 0 Å². The zero-order valence-electron chi connectivity index (χ0n) is 9.10. The second kappa shape index (κ2) is 5.61. The molecule has 0 heterocycles. The van der Waals surface area contributed by atoms with Gasteiger partial charge in [0.05, 0.1) is 29.7 Å².